The minimum Gasteiger partial charge on any atom is -0.481 e. The number of hydrogen-bond acceptors (Lipinski definition) is 4. The van der Waals surface area contributed by atoms with Crippen LogP contribution in [0.5, 0.6) is 0 Å². The van der Waals surface area contributed by atoms with E-state index >= 15 is 0 Å². The average molecular weight is 240 g/mol. The van der Waals surface area contributed by atoms with Crippen molar-refractivity contribution in [3.63, 3.8) is 0 Å². The Balaban J connectivity index is 2.71. The van der Waals surface area contributed by atoms with Gasteiger partial charge in [-0.15, -0.1) is 0 Å². The third kappa shape index (κ3) is 3.54. The number of aryl methyl sites for hydroxylation is 1. The lowest BCUT2D eigenvalue weighted by molar-refractivity contribution is -0.137. The van der Waals surface area contributed by atoms with E-state index in [-0.39, 0.29) is 18.0 Å². The van der Waals surface area contributed by atoms with Crippen molar-refractivity contribution in [1.29, 1.82) is 0 Å². The quantitative estimate of drug-likeness (QED) is 0.687. The highest BCUT2D eigenvalue weighted by Crippen LogP contribution is 2.08. The monoisotopic (exact) mass is 240 g/mol. The first kappa shape index (κ1) is 13.1. The molecule has 1 amide bonds. The van der Waals surface area contributed by atoms with Gasteiger partial charge in [0.2, 0.25) is 0 Å². The molecular weight excluding hydrogens is 224 g/mol. The Morgan fingerprint density at radius 2 is 2.06 bits per heavy atom. The van der Waals surface area contributed by atoms with E-state index < -0.39 is 17.9 Å². The Morgan fingerprint density at radius 1 is 1.41 bits per heavy atom. The molecule has 1 rings (SSSR count). The van der Waals surface area contributed by atoms with Crippen molar-refractivity contribution >= 4 is 11.9 Å². The van der Waals surface area contributed by atoms with Gasteiger partial charge in [-0.3, -0.25) is 9.59 Å². The van der Waals surface area contributed by atoms with E-state index in [4.69, 9.17) is 5.11 Å². The SMILES string of the molecule is Cc1n[nH]nc1C(=O)N[C@H](CC(=O)O)C(C)C. The van der Waals surface area contributed by atoms with Crippen molar-refractivity contribution in [2.45, 2.75) is 33.2 Å². The Morgan fingerprint density at radius 3 is 2.47 bits per heavy atom. The van der Waals surface area contributed by atoms with E-state index in [2.05, 4.69) is 20.7 Å². The number of carbonyl (C=O) groups excluding carboxylic acids is 1. The molecule has 3 N–H and O–H groups in total. The second kappa shape index (κ2) is 5.42. The maximum absolute atomic E-state index is 11.8. The number of H-pyrrole nitrogens is 1. The molecule has 1 aromatic rings. The summed E-state index contributed by atoms with van der Waals surface area (Å²) in [6.07, 6.45) is -0.111. The summed E-state index contributed by atoms with van der Waals surface area (Å²) < 4.78 is 0. The van der Waals surface area contributed by atoms with E-state index in [9.17, 15) is 9.59 Å². The van der Waals surface area contributed by atoms with Crippen LogP contribution < -0.4 is 5.32 Å². The molecule has 0 saturated heterocycles. The summed E-state index contributed by atoms with van der Waals surface area (Å²) >= 11 is 0. The fourth-order valence-electron chi connectivity index (χ4n) is 1.38. The largest absolute Gasteiger partial charge is 0.481 e. The fourth-order valence-corrected chi connectivity index (χ4v) is 1.38. The number of aromatic amines is 1. The van der Waals surface area contributed by atoms with E-state index in [1.807, 2.05) is 13.8 Å². The lowest BCUT2D eigenvalue weighted by Crippen LogP contribution is -2.40. The Hall–Kier alpha value is -1.92. The number of carboxylic acid groups (broad SMARTS) is 1. The van der Waals surface area contributed by atoms with Gasteiger partial charge >= 0.3 is 5.97 Å². The van der Waals surface area contributed by atoms with Crippen LogP contribution in [0.3, 0.4) is 0 Å². The molecule has 1 heterocycles. The minimum absolute atomic E-state index is 0.0299. The molecule has 0 fully saturated rings. The molecule has 0 aliphatic carbocycles. The summed E-state index contributed by atoms with van der Waals surface area (Å²) in [6, 6.07) is -0.420. The van der Waals surface area contributed by atoms with E-state index in [1.54, 1.807) is 6.92 Å². The average Bonchev–Trinajstić information content (AvgIpc) is 2.62. The smallest absolute Gasteiger partial charge is 0.305 e. The molecule has 0 spiro atoms. The maximum Gasteiger partial charge on any atom is 0.305 e. The van der Waals surface area contributed by atoms with Crippen molar-refractivity contribution in [2.75, 3.05) is 0 Å². The third-order valence-electron chi connectivity index (χ3n) is 2.45. The first-order valence-electron chi connectivity index (χ1n) is 5.31. The normalized spacial score (nSPS) is 12.5. The first-order chi connectivity index (χ1) is 7.91. The molecule has 94 valence electrons. The predicted molar refractivity (Wildman–Crippen MR) is 59.5 cm³/mol. The molecule has 17 heavy (non-hydrogen) atoms. The van der Waals surface area contributed by atoms with Gasteiger partial charge in [0.15, 0.2) is 5.69 Å². The van der Waals surface area contributed by atoms with Gasteiger partial charge in [-0.1, -0.05) is 13.8 Å². The van der Waals surface area contributed by atoms with Gasteiger partial charge in [0.25, 0.3) is 5.91 Å². The molecule has 0 bridgehead atoms. The van der Waals surface area contributed by atoms with Crippen LogP contribution in [0.15, 0.2) is 0 Å². The van der Waals surface area contributed by atoms with Gasteiger partial charge in [0.1, 0.15) is 0 Å². The zero-order chi connectivity index (χ0) is 13.0. The topological polar surface area (TPSA) is 108 Å². The van der Waals surface area contributed by atoms with Crippen LogP contribution in [-0.2, 0) is 4.79 Å². The zero-order valence-corrected chi connectivity index (χ0v) is 10.0. The molecule has 0 radical (unpaired) electrons. The number of hydrogen-bond donors (Lipinski definition) is 3. The second-order valence-corrected chi connectivity index (χ2v) is 4.18. The number of amides is 1. The summed E-state index contributed by atoms with van der Waals surface area (Å²) in [5.41, 5.74) is 0.682. The molecule has 7 heteroatoms. The zero-order valence-electron chi connectivity index (χ0n) is 10.0. The summed E-state index contributed by atoms with van der Waals surface area (Å²) in [7, 11) is 0. The predicted octanol–water partition coefficient (Wildman–Crippen LogP) is 0.342. The molecule has 7 nitrogen and oxygen atoms in total. The number of nitrogens with zero attached hydrogens (tertiary/aromatic N) is 2. The Kier molecular flexibility index (Phi) is 4.19. The number of rotatable bonds is 5. The molecule has 0 aromatic carbocycles. The third-order valence-corrected chi connectivity index (χ3v) is 2.45. The van der Waals surface area contributed by atoms with E-state index in [0.29, 0.717) is 5.69 Å². The highest BCUT2D eigenvalue weighted by atomic mass is 16.4. The standard InChI is InChI=1S/C10H16N4O3/c1-5(2)7(4-8(15)16)11-10(17)9-6(3)12-14-13-9/h5,7H,4H2,1-3H3,(H,11,17)(H,15,16)(H,12,13,14)/t7-/m1/s1. The van der Waals surface area contributed by atoms with Crippen molar-refractivity contribution in [1.82, 2.24) is 20.7 Å². The molecular formula is C10H16N4O3. The van der Waals surface area contributed by atoms with Gasteiger partial charge in [-0.2, -0.15) is 15.4 Å². The lowest BCUT2D eigenvalue weighted by Gasteiger charge is -2.19. The molecule has 0 saturated carbocycles. The second-order valence-electron chi connectivity index (χ2n) is 4.18. The molecule has 0 aliphatic heterocycles. The van der Waals surface area contributed by atoms with Crippen LogP contribution >= 0.6 is 0 Å². The summed E-state index contributed by atoms with van der Waals surface area (Å²) in [4.78, 5) is 22.5. The van der Waals surface area contributed by atoms with Gasteiger partial charge in [-0.05, 0) is 12.8 Å². The number of aliphatic carboxylic acids is 1. The van der Waals surface area contributed by atoms with Gasteiger partial charge in [0.05, 0.1) is 12.1 Å². The lowest BCUT2D eigenvalue weighted by atomic mass is 10.0. The first-order valence-corrected chi connectivity index (χ1v) is 5.31. The molecule has 1 aromatic heterocycles. The van der Waals surface area contributed by atoms with Crippen LogP contribution in [0.25, 0.3) is 0 Å². The van der Waals surface area contributed by atoms with Gasteiger partial charge in [0, 0.05) is 6.04 Å². The number of aromatic nitrogens is 3. The fraction of sp³-hybridized carbons (Fsp3) is 0.600. The highest BCUT2D eigenvalue weighted by Gasteiger charge is 2.22. The molecule has 1 atom stereocenters. The molecule has 0 aliphatic rings. The number of carboxylic acids is 1. The van der Waals surface area contributed by atoms with Crippen LogP contribution in [-0.4, -0.2) is 38.4 Å². The van der Waals surface area contributed by atoms with Crippen LogP contribution in [0.1, 0.15) is 36.5 Å². The Bertz CT molecular complexity index is 413. The minimum atomic E-state index is -0.944. The number of carbonyl (C=O) groups is 2. The Labute approximate surface area is 98.6 Å². The van der Waals surface area contributed by atoms with Crippen molar-refractivity contribution in [2.24, 2.45) is 5.92 Å². The van der Waals surface area contributed by atoms with Crippen LogP contribution in [0.4, 0.5) is 0 Å². The van der Waals surface area contributed by atoms with Crippen molar-refractivity contribution in [3.8, 4) is 0 Å². The summed E-state index contributed by atoms with van der Waals surface area (Å²) in [5, 5.41) is 21.2. The van der Waals surface area contributed by atoms with Crippen LogP contribution in [0, 0.1) is 12.8 Å². The highest BCUT2D eigenvalue weighted by molar-refractivity contribution is 5.93. The van der Waals surface area contributed by atoms with Gasteiger partial charge < -0.3 is 10.4 Å². The van der Waals surface area contributed by atoms with E-state index in [0.717, 1.165) is 0 Å². The maximum atomic E-state index is 11.8. The van der Waals surface area contributed by atoms with Crippen molar-refractivity contribution in [3.05, 3.63) is 11.4 Å². The summed E-state index contributed by atoms with van der Waals surface area (Å²) in [5.74, 6) is -1.32. The summed E-state index contributed by atoms with van der Waals surface area (Å²) in [6.45, 7) is 5.35. The van der Waals surface area contributed by atoms with Crippen molar-refractivity contribution < 1.29 is 14.7 Å². The van der Waals surface area contributed by atoms with Crippen LogP contribution in [0.2, 0.25) is 0 Å². The van der Waals surface area contributed by atoms with Gasteiger partial charge in [-0.25, -0.2) is 0 Å². The van der Waals surface area contributed by atoms with E-state index in [1.165, 1.54) is 0 Å². The number of nitrogens with one attached hydrogen (secondary N) is 2. The molecule has 0 unspecified atom stereocenters.